The first-order chi connectivity index (χ1) is 7.06. The number of rotatable bonds is 2. The first-order valence-corrected chi connectivity index (χ1v) is 4.99. The van der Waals surface area contributed by atoms with Crippen LogP contribution in [0.2, 0.25) is 6.32 Å². The Morgan fingerprint density at radius 3 is 2.62 bits per heavy atom. The van der Waals surface area contributed by atoms with Gasteiger partial charge in [0, 0.05) is 0 Å². The summed E-state index contributed by atoms with van der Waals surface area (Å²) in [6.07, 6.45) is -0.237. The molecule has 1 aromatic rings. The van der Waals surface area contributed by atoms with E-state index in [2.05, 4.69) is 0 Å². The summed E-state index contributed by atoms with van der Waals surface area (Å²) < 4.78 is 42.4. The van der Waals surface area contributed by atoms with Crippen LogP contribution in [-0.2, 0) is 0 Å². The van der Waals surface area contributed by atoms with E-state index in [9.17, 15) is 12.9 Å². The van der Waals surface area contributed by atoms with Crippen molar-refractivity contribution in [1.29, 1.82) is 0 Å². The van der Waals surface area contributed by atoms with Crippen LogP contribution in [0.5, 0.6) is 5.75 Å². The molecule has 1 nitrogen and oxygen atoms in total. The number of benzene rings is 1. The molecule has 0 bridgehead atoms. The zero-order chi connectivity index (χ0) is 10.9. The van der Waals surface area contributed by atoms with Crippen LogP contribution in [0.3, 0.4) is 0 Å². The van der Waals surface area contributed by atoms with Crippen molar-refractivity contribution < 1.29 is 69.1 Å². The second kappa shape index (κ2) is 5.91. The summed E-state index contributed by atoms with van der Waals surface area (Å²) in [5, 5.41) is 0. The van der Waals surface area contributed by atoms with E-state index in [4.69, 9.17) is 4.74 Å². The predicted octanol–water partition coefficient (Wildman–Crippen LogP) is 0.404. The fourth-order valence-electron chi connectivity index (χ4n) is 1.98. The van der Waals surface area contributed by atoms with Crippen LogP contribution in [0.15, 0.2) is 24.3 Å². The second-order valence-electron chi connectivity index (χ2n) is 3.82. The van der Waals surface area contributed by atoms with E-state index >= 15 is 0 Å². The molecule has 82 valence electrons. The summed E-state index contributed by atoms with van der Waals surface area (Å²) in [7, 11) is 0. The summed E-state index contributed by atoms with van der Waals surface area (Å²) in [6, 6.07) is 6.98. The van der Waals surface area contributed by atoms with Gasteiger partial charge in [-0.25, -0.2) is 0 Å². The van der Waals surface area contributed by atoms with Crippen LogP contribution in [0.1, 0.15) is 17.9 Å². The largest absolute Gasteiger partial charge is 1.00 e. The van der Waals surface area contributed by atoms with Gasteiger partial charge in [0.1, 0.15) is 5.75 Å². The third kappa shape index (κ3) is 3.77. The number of fused-ring (bicyclic) bond motifs is 1. The van der Waals surface area contributed by atoms with Gasteiger partial charge in [0.25, 0.3) is 0 Å². The average molecular weight is 254 g/mol. The SMILES string of the molecule is F[B-](F)(F)CC1CCOc2ccccc21.[K+]. The van der Waals surface area contributed by atoms with Gasteiger partial charge in [-0.3, -0.25) is 0 Å². The normalized spacial score (nSPS) is 19.3. The van der Waals surface area contributed by atoms with E-state index in [-0.39, 0.29) is 51.4 Å². The number of para-hydroxylation sites is 1. The van der Waals surface area contributed by atoms with E-state index in [0.717, 1.165) is 0 Å². The van der Waals surface area contributed by atoms with Gasteiger partial charge in [0.15, 0.2) is 0 Å². The van der Waals surface area contributed by atoms with Crippen LogP contribution in [-0.4, -0.2) is 13.6 Å². The Morgan fingerprint density at radius 1 is 1.25 bits per heavy atom. The van der Waals surface area contributed by atoms with E-state index in [1.54, 1.807) is 24.3 Å². The Kier molecular flexibility index (Phi) is 5.38. The van der Waals surface area contributed by atoms with Gasteiger partial charge >= 0.3 is 58.4 Å². The molecule has 0 spiro atoms. The second-order valence-corrected chi connectivity index (χ2v) is 3.82. The summed E-state index contributed by atoms with van der Waals surface area (Å²) in [6.45, 7) is -4.33. The topological polar surface area (TPSA) is 9.23 Å². The molecule has 1 unspecified atom stereocenters. The Hall–Kier alpha value is 0.511. The minimum Gasteiger partial charge on any atom is -0.493 e. The molecule has 1 aromatic carbocycles. The molecule has 16 heavy (non-hydrogen) atoms. The first-order valence-electron chi connectivity index (χ1n) is 4.99. The standard InChI is InChI=1S/C10H11BF3O.K/c12-11(13,14)7-8-5-6-15-10-4-2-1-3-9(8)10;/h1-4,8H,5-7H2;/q-1;+1. The van der Waals surface area contributed by atoms with Crippen LogP contribution in [0, 0.1) is 0 Å². The quantitative estimate of drug-likeness (QED) is 0.694. The summed E-state index contributed by atoms with van der Waals surface area (Å²) >= 11 is 0. The van der Waals surface area contributed by atoms with Crippen LogP contribution < -0.4 is 56.1 Å². The Morgan fingerprint density at radius 2 is 1.94 bits per heavy atom. The van der Waals surface area contributed by atoms with Gasteiger partial charge < -0.3 is 17.7 Å². The monoisotopic (exact) mass is 254 g/mol. The maximum absolute atomic E-state index is 12.4. The molecule has 0 N–H and O–H groups in total. The fraction of sp³-hybridized carbons (Fsp3) is 0.400. The van der Waals surface area contributed by atoms with Gasteiger partial charge in [-0.15, -0.1) is 0 Å². The van der Waals surface area contributed by atoms with Crippen molar-refractivity contribution in [3.8, 4) is 5.75 Å². The van der Waals surface area contributed by atoms with Crippen LogP contribution >= 0.6 is 0 Å². The number of halogens is 3. The molecular formula is C10H11BF3KO. The maximum Gasteiger partial charge on any atom is 1.00 e. The predicted molar refractivity (Wildman–Crippen MR) is 53.2 cm³/mol. The molecule has 0 aromatic heterocycles. The molecule has 2 rings (SSSR count). The van der Waals surface area contributed by atoms with E-state index < -0.39 is 19.2 Å². The van der Waals surface area contributed by atoms with E-state index in [0.29, 0.717) is 24.3 Å². The maximum atomic E-state index is 12.4. The smallest absolute Gasteiger partial charge is 0.493 e. The fourth-order valence-corrected chi connectivity index (χ4v) is 1.98. The zero-order valence-corrected chi connectivity index (χ0v) is 12.3. The molecule has 0 amide bonds. The van der Waals surface area contributed by atoms with Crippen molar-refractivity contribution in [2.24, 2.45) is 0 Å². The third-order valence-electron chi connectivity index (χ3n) is 2.63. The summed E-state index contributed by atoms with van der Waals surface area (Å²) in [5.41, 5.74) is 0.697. The molecular weight excluding hydrogens is 243 g/mol. The van der Waals surface area contributed by atoms with Gasteiger partial charge in [-0.05, 0) is 24.0 Å². The molecule has 1 heterocycles. The summed E-state index contributed by atoms with van der Waals surface area (Å²) in [5.74, 6) is 0.184. The molecule has 6 heteroatoms. The van der Waals surface area contributed by atoms with Gasteiger partial charge in [-0.1, -0.05) is 24.5 Å². The number of hydrogen-bond acceptors (Lipinski definition) is 1. The Labute approximate surface area is 135 Å². The molecule has 0 fully saturated rings. The molecule has 0 aliphatic carbocycles. The number of ether oxygens (including phenoxy) is 1. The van der Waals surface area contributed by atoms with Crippen molar-refractivity contribution in [3.63, 3.8) is 0 Å². The van der Waals surface area contributed by atoms with Crippen molar-refractivity contribution >= 4 is 6.98 Å². The van der Waals surface area contributed by atoms with E-state index in [1.807, 2.05) is 0 Å². The van der Waals surface area contributed by atoms with Crippen molar-refractivity contribution in [2.75, 3.05) is 6.61 Å². The Balaban J connectivity index is 0.00000128. The Bertz CT molecular complexity index is 356. The van der Waals surface area contributed by atoms with Crippen molar-refractivity contribution in [3.05, 3.63) is 29.8 Å². The molecule has 0 saturated carbocycles. The minimum atomic E-state index is -4.72. The molecule has 1 aliphatic heterocycles. The zero-order valence-electron chi connectivity index (χ0n) is 9.13. The third-order valence-corrected chi connectivity index (χ3v) is 2.63. The molecule has 0 saturated heterocycles. The molecule has 1 atom stereocenters. The van der Waals surface area contributed by atoms with Crippen molar-refractivity contribution in [1.82, 2.24) is 0 Å². The summed E-state index contributed by atoms with van der Waals surface area (Å²) in [4.78, 5) is 0. The van der Waals surface area contributed by atoms with Crippen LogP contribution in [0.25, 0.3) is 0 Å². The average Bonchev–Trinajstić information content (AvgIpc) is 2.16. The molecule has 1 aliphatic rings. The van der Waals surface area contributed by atoms with Gasteiger partial charge in [0.2, 0.25) is 0 Å². The minimum absolute atomic E-state index is 0. The first kappa shape index (κ1) is 14.6. The van der Waals surface area contributed by atoms with Gasteiger partial charge in [0.05, 0.1) is 6.61 Å². The molecule has 0 radical (unpaired) electrons. The van der Waals surface area contributed by atoms with Gasteiger partial charge in [-0.2, -0.15) is 0 Å². The van der Waals surface area contributed by atoms with Crippen LogP contribution in [0.4, 0.5) is 12.9 Å². The van der Waals surface area contributed by atoms with Crippen molar-refractivity contribution in [2.45, 2.75) is 18.7 Å². The number of hydrogen-bond donors (Lipinski definition) is 0. The van der Waals surface area contributed by atoms with E-state index in [1.165, 1.54) is 0 Å².